The molecular formula is C24H19F3N6O. The van der Waals surface area contributed by atoms with E-state index in [0.29, 0.717) is 23.8 Å². The number of hydrogen-bond donors (Lipinski definition) is 2. The molecule has 0 aliphatic rings. The predicted octanol–water partition coefficient (Wildman–Crippen LogP) is 5.22. The third-order valence-corrected chi connectivity index (χ3v) is 5.09. The number of rotatable bonds is 5. The fraction of sp³-hybridized carbons (Fsp3) is 0.125. The Morgan fingerprint density at radius 2 is 1.71 bits per heavy atom. The maximum absolute atomic E-state index is 12.9. The van der Waals surface area contributed by atoms with Gasteiger partial charge in [0.25, 0.3) is 5.91 Å². The summed E-state index contributed by atoms with van der Waals surface area (Å²) in [5, 5.41) is 12.4. The minimum atomic E-state index is -4.62. The number of benzene rings is 1. The number of nitrogens with zero attached hydrogens (tertiary/aromatic N) is 4. The molecule has 0 radical (unpaired) electrons. The smallest absolute Gasteiger partial charge is 0.373 e. The molecule has 10 heteroatoms. The molecule has 3 aromatic heterocycles. The summed E-state index contributed by atoms with van der Waals surface area (Å²) < 4.78 is 38.8. The van der Waals surface area contributed by atoms with Crippen LogP contribution < -0.4 is 10.6 Å². The first-order chi connectivity index (χ1) is 16.2. The Labute approximate surface area is 193 Å². The van der Waals surface area contributed by atoms with Gasteiger partial charge in [0.15, 0.2) is 5.69 Å². The molecule has 1 aromatic carbocycles. The van der Waals surface area contributed by atoms with Crippen molar-refractivity contribution in [3.8, 4) is 22.4 Å². The minimum Gasteiger partial charge on any atom is -0.373 e. The number of hydrogen-bond acceptors (Lipinski definition) is 6. The van der Waals surface area contributed by atoms with Crippen LogP contribution >= 0.6 is 0 Å². The SMILES string of the molecule is CNc1cc(-c2cc(-c3cc(NC(=O)c4cc(C(F)(F)F)cnn4)ccc3C)ccn2)ccn1. The number of amides is 1. The van der Waals surface area contributed by atoms with Gasteiger partial charge in [0, 0.05) is 30.7 Å². The first kappa shape index (κ1) is 22.8. The fourth-order valence-corrected chi connectivity index (χ4v) is 3.32. The quantitative estimate of drug-likeness (QED) is 0.421. The lowest BCUT2D eigenvalue weighted by Gasteiger charge is -2.12. The molecule has 3 heterocycles. The largest absolute Gasteiger partial charge is 0.418 e. The minimum absolute atomic E-state index is 0.407. The molecule has 0 atom stereocenters. The van der Waals surface area contributed by atoms with Gasteiger partial charge in [0.05, 0.1) is 17.5 Å². The molecule has 7 nitrogen and oxygen atoms in total. The Balaban J connectivity index is 1.63. The van der Waals surface area contributed by atoms with Crippen LogP contribution in [-0.2, 0) is 6.18 Å². The van der Waals surface area contributed by atoms with Crippen LogP contribution in [0.3, 0.4) is 0 Å². The van der Waals surface area contributed by atoms with Gasteiger partial charge < -0.3 is 10.6 Å². The number of aromatic nitrogens is 4. The first-order valence-electron chi connectivity index (χ1n) is 10.2. The zero-order valence-electron chi connectivity index (χ0n) is 18.2. The Kier molecular flexibility index (Phi) is 6.22. The van der Waals surface area contributed by atoms with E-state index in [2.05, 4.69) is 30.8 Å². The Morgan fingerprint density at radius 3 is 2.47 bits per heavy atom. The van der Waals surface area contributed by atoms with Gasteiger partial charge in [0.2, 0.25) is 0 Å². The van der Waals surface area contributed by atoms with E-state index in [1.54, 1.807) is 31.6 Å². The Bertz CT molecular complexity index is 1360. The maximum Gasteiger partial charge on any atom is 0.418 e. The van der Waals surface area contributed by atoms with Crippen molar-refractivity contribution in [1.29, 1.82) is 0 Å². The van der Waals surface area contributed by atoms with E-state index in [-0.39, 0.29) is 0 Å². The lowest BCUT2D eigenvalue weighted by Crippen LogP contribution is -2.16. The number of halogens is 3. The molecule has 172 valence electrons. The molecule has 0 saturated carbocycles. The number of anilines is 2. The van der Waals surface area contributed by atoms with Crippen molar-refractivity contribution < 1.29 is 18.0 Å². The molecule has 34 heavy (non-hydrogen) atoms. The first-order valence-corrected chi connectivity index (χ1v) is 10.2. The number of pyridine rings is 2. The second-order valence-corrected chi connectivity index (χ2v) is 7.42. The van der Waals surface area contributed by atoms with E-state index in [0.717, 1.165) is 27.9 Å². The van der Waals surface area contributed by atoms with Crippen molar-refractivity contribution >= 4 is 17.4 Å². The van der Waals surface area contributed by atoms with Gasteiger partial charge in [-0.1, -0.05) is 6.07 Å². The Hall–Kier alpha value is -4.34. The maximum atomic E-state index is 12.9. The molecule has 0 saturated heterocycles. The topological polar surface area (TPSA) is 92.7 Å². The lowest BCUT2D eigenvalue weighted by atomic mass is 9.99. The lowest BCUT2D eigenvalue weighted by molar-refractivity contribution is -0.137. The van der Waals surface area contributed by atoms with Gasteiger partial charge in [0.1, 0.15) is 5.82 Å². The van der Waals surface area contributed by atoms with Crippen molar-refractivity contribution in [3.05, 3.63) is 83.9 Å². The normalized spacial score (nSPS) is 11.2. The van der Waals surface area contributed by atoms with Gasteiger partial charge in [-0.2, -0.15) is 18.3 Å². The summed E-state index contributed by atoms with van der Waals surface area (Å²) in [4.78, 5) is 21.2. The molecule has 4 aromatic rings. The summed E-state index contributed by atoms with van der Waals surface area (Å²) in [5.74, 6) is -0.0801. The highest BCUT2D eigenvalue weighted by atomic mass is 19.4. The number of carbonyl (C=O) groups is 1. The number of carbonyl (C=O) groups excluding carboxylic acids is 1. The molecule has 0 aliphatic carbocycles. The third-order valence-electron chi connectivity index (χ3n) is 5.09. The highest BCUT2D eigenvalue weighted by molar-refractivity contribution is 6.03. The van der Waals surface area contributed by atoms with Crippen molar-refractivity contribution in [2.75, 3.05) is 17.7 Å². The van der Waals surface area contributed by atoms with Gasteiger partial charge in [-0.25, -0.2) is 4.98 Å². The summed E-state index contributed by atoms with van der Waals surface area (Å²) in [5.41, 5.74) is 3.19. The van der Waals surface area contributed by atoms with Crippen molar-refractivity contribution in [2.45, 2.75) is 13.1 Å². The van der Waals surface area contributed by atoms with Gasteiger partial charge in [-0.15, -0.1) is 5.10 Å². The van der Waals surface area contributed by atoms with E-state index in [1.807, 2.05) is 37.3 Å². The summed E-state index contributed by atoms with van der Waals surface area (Å²) in [6.07, 6.45) is -0.672. The van der Waals surface area contributed by atoms with Crippen molar-refractivity contribution in [2.24, 2.45) is 0 Å². The average Bonchev–Trinajstić information content (AvgIpc) is 2.85. The van der Waals surface area contributed by atoms with E-state index in [9.17, 15) is 18.0 Å². The summed E-state index contributed by atoms with van der Waals surface area (Å²) in [6, 6.07) is 13.4. The van der Waals surface area contributed by atoms with E-state index < -0.39 is 23.3 Å². The van der Waals surface area contributed by atoms with Crippen molar-refractivity contribution in [3.63, 3.8) is 0 Å². The van der Waals surface area contributed by atoms with Crippen LogP contribution in [0.1, 0.15) is 21.6 Å². The molecule has 0 bridgehead atoms. The summed E-state index contributed by atoms with van der Waals surface area (Å²) >= 11 is 0. The van der Waals surface area contributed by atoms with Gasteiger partial charge in [-0.3, -0.25) is 9.78 Å². The van der Waals surface area contributed by atoms with Crippen LogP contribution in [0.4, 0.5) is 24.7 Å². The van der Waals surface area contributed by atoms with Crippen LogP contribution in [0.5, 0.6) is 0 Å². The predicted molar refractivity (Wildman–Crippen MR) is 122 cm³/mol. The molecule has 0 fully saturated rings. The highest BCUT2D eigenvalue weighted by Crippen LogP contribution is 2.31. The second-order valence-electron chi connectivity index (χ2n) is 7.42. The molecule has 0 spiro atoms. The van der Waals surface area contributed by atoms with Crippen LogP contribution in [0, 0.1) is 6.92 Å². The van der Waals surface area contributed by atoms with Crippen LogP contribution in [0.25, 0.3) is 22.4 Å². The van der Waals surface area contributed by atoms with Crippen LogP contribution in [0.15, 0.2) is 67.1 Å². The van der Waals surface area contributed by atoms with Gasteiger partial charge >= 0.3 is 6.18 Å². The third kappa shape index (κ3) is 5.01. The van der Waals surface area contributed by atoms with Crippen LogP contribution in [-0.4, -0.2) is 33.1 Å². The summed E-state index contributed by atoms with van der Waals surface area (Å²) in [7, 11) is 1.78. The Morgan fingerprint density at radius 1 is 0.941 bits per heavy atom. The molecular weight excluding hydrogens is 445 g/mol. The monoisotopic (exact) mass is 464 g/mol. The van der Waals surface area contributed by atoms with E-state index in [4.69, 9.17) is 0 Å². The molecule has 2 N–H and O–H groups in total. The fourth-order valence-electron chi connectivity index (χ4n) is 3.32. The van der Waals surface area contributed by atoms with Crippen LogP contribution in [0.2, 0.25) is 0 Å². The van der Waals surface area contributed by atoms with Crippen molar-refractivity contribution in [1.82, 2.24) is 20.2 Å². The number of aryl methyl sites for hydroxylation is 1. The number of alkyl halides is 3. The molecule has 4 rings (SSSR count). The molecule has 0 aliphatic heterocycles. The second kappa shape index (κ2) is 9.26. The highest BCUT2D eigenvalue weighted by Gasteiger charge is 2.32. The zero-order valence-corrected chi connectivity index (χ0v) is 18.2. The standard InChI is InChI=1S/C24H19F3N6O/c1-14-3-4-18(32-23(34)21-11-17(13-31-33-21)24(25,26)27)12-19(14)15-5-7-29-20(9-15)16-6-8-30-22(10-16)28-2/h3-13H,1-2H3,(H,28,30)(H,32,34). The average molecular weight is 464 g/mol. The van der Waals surface area contributed by atoms with E-state index >= 15 is 0 Å². The molecule has 1 amide bonds. The summed E-state index contributed by atoms with van der Waals surface area (Å²) in [6.45, 7) is 1.92. The number of nitrogens with one attached hydrogen (secondary N) is 2. The van der Waals surface area contributed by atoms with Gasteiger partial charge in [-0.05, 0) is 66.1 Å². The van der Waals surface area contributed by atoms with E-state index in [1.165, 1.54) is 0 Å². The molecule has 0 unspecified atom stereocenters. The zero-order chi connectivity index (χ0) is 24.3.